The van der Waals surface area contributed by atoms with Crippen molar-refractivity contribution in [1.29, 1.82) is 0 Å². The predicted molar refractivity (Wildman–Crippen MR) is 146 cm³/mol. The molecular formula is C27H32ClN7O2. The average Bonchev–Trinajstić information content (AvgIpc) is 2.91. The van der Waals surface area contributed by atoms with E-state index in [0.29, 0.717) is 55.2 Å². The number of piperidine rings is 1. The largest absolute Gasteiger partial charge is 0.339 e. The molecule has 194 valence electrons. The van der Waals surface area contributed by atoms with Crippen molar-refractivity contribution >= 4 is 46.7 Å². The first kappa shape index (κ1) is 25.1. The molecule has 1 aromatic carbocycles. The SMILES string of the molecule is CCNC(=O)N1CCC(C(=O)Nc2ccc3cc2CCC2C=CC=C(C2)Nc2ncc(Cl)c(n2)N3)CC1. The Kier molecular flexibility index (Phi) is 7.60. The van der Waals surface area contributed by atoms with E-state index in [0.717, 1.165) is 41.9 Å². The average molecular weight is 522 g/mol. The fourth-order valence-electron chi connectivity index (χ4n) is 5.02. The molecule has 6 bridgehead atoms. The normalized spacial score (nSPS) is 19.2. The van der Waals surface area contributed by atoms with E-state index in [9.17, 15) is 9.59 Å². The van der Waals surface area contributed by atoms with Crippen molar-refractivity contribution < 1.29 is 9.59 Å². The number of urea groups is 1. The summed E-state index contributed by atoms with van der Waals surface area (Å²) >= 11 is 6.38. The number of rotatable bonds is 3. The first-order chi connectivity index (χ1) is 18.0. The molecule has 4 N–H and O–H groups in total. The van der Waals surface area contributed by atoms with Gasteiger partial charge in [0.1, 0.15) is 5.02 Å². The third kappa shape index (κ3) is 6.05. The van der Waals surface area contributed by atoms with Gasteiger partial charge in [0.2, 0.25) is 11.9 Å². The molecule has 0 radical (unpaired) electrons. The lowest BCUT2D eigenvalue weighted by Gasteiger charge is -2.31. The molecule has 1 unspecified atom stereocenters. The maximum Gasteiger partial charge on any atom is 0.317 e. The van der Waals surface area contributed by atoms with Crippen molar-refractivity contribution in [1.82, 2.24) is 20.2 Å². The number of hydrogen-bond acceptors (Lipinski definition) is 6. The Hall–Kier alpha value is -3.59. The van der Waals surface area contributed by atoms with Crippen LogP contribution in [0.25, 0.3) is 0 Å². The van der Waals surface area contributed by atoms with E-state index < -0.39 is 0 Å². The van der Waals surface area contributed by atoms with Gasteiger partial charge in [-0.3, -0.25) is 4.79 Å². The van der Waals surface area contributed by atoms with Crippen LogP contribution >= 0.6 is 11.6 Å². The number of anilines is 4. The molecule has 3 amide bonds. The molecule has 1 fully saturated rings. The molecule has 1 aromatic heterocycles. The van der Waals surface area contributed by atoms with Crippen LogP contribution in [0.2, 0.25) is 5.02 Å². The number of likely N-dealkylation sites (tertiary alicyclic amines) is 1. The molecule has 9 nitrogen and oxygen atoms in total. The van der Waals surface area contributed by atoms with E-state index in [2.05, 4.69) is 49.5 Å². The Morgan fingerprint density at radius 3 is 2.84 bits per heavy atom. The van der Waals surface area contributed by atoms with Crippen molar-refractivity contribution in [3.05, 3.63) is 58.9 Å². The topological polar surface area (TPSA) is 111 Å². The molecule has 3 aliphatic rings. The van der Waals surface area contributed by atoms with Crippen LogP contribution in [0.15, 0.2) is 48.3 Å². The lowest BCUT2D eigenvalue weighted by Crippen LogP contribution is -2.46. The first-order valence-electron chi connectivity index (χ1n) is 12.9. The number of allylic oxidation sites excluding steroid dienone is 4. The molecule has 5 rings (SSSR count). The Balaban J connectivity index is 1.34. The van der Waals surface area contributed by atoms with Gasteiger partial charge in [0.25, 0.3) is 0 Å². The minimum atomic E-state index is -0.122. The molecule has 37 heavy (non-hydrogen) atoms. The number of carbonyl (C=O) groups excluding carboxylic acids is 2. The maximum atomic E-state index is 13.2. The lowest BCUT2D eigenvalue weighted by molar-refractivity contribution is -0.121. The number of benzene rings is 1. The summed E-state index contributed by atoms with van der Waals surface area (Å²) in [6, 6.07) is 5.86. The standard InChI is InChI=1S/C27H32ClN7O2/c1-2-29-27(37)35-12-10-18(11-13-35)25(36)33-23-9-8-21-15-19(23)7-6-17-4-3-5-20(14-17)32-26-30-16-22(28)24(31-21)34-26/h3-5,8-9,15-18H,2,6-7,10-14H2,1H3,(H,29,37)(H,33,36)(H2,30,31,32,34). The molecule has 0 spiro atoms. The Morgan fingerprint density at radius 2 is 2.03 bits per heavy atom. The lowest BCUT2D eigenvalue weighted by atomic mass is 9.91. The second-order valence-corrected chi connectivity index (χ2v) is 10.1. The van der Waals surface area contributed by atoms with Gasteiger partial charge in [-0.1, -0.05) is 23.8 Å². The molecule has 1 atom stereocenters. The number of amides is 3. The predicted octanol–water partition coefficient (Wildman–Crippen LogP) is 5.07. The summed E-state index contributed by atoms with van der Waals surface area (Å²) in [5, 5.41) is 13.1. The van der Waals surface area contributed by atoms with Gasteiger partial charge in [0.05, 0.1) is 6.20 Å². The number of nitrogens with zero attached hydrogens (tertiary/aromatic N) is 3. The van der Waals surface area contributed by atoms with E-state index in [1.165, 1.54) is 0 Å². The number of carbonyl (C=O) groups is 2. The van der Waals surface area contributed by atoms with E-state index in [-0.39, 0.29) is 17.9 Å². The molecule has 3 heterocycles. The zero-order valence-electron chi connectivity index (χ0n) is 20.9. The minimum absolute atomic E-state index is 0.00546. The van der Waals surface area contributed by atoms with E-state index in [1.807, 2.05) is 25.1 Å². The highest BCUT2D eigenvalue weighted by Gasteiger charge is 2.27. The zero-order valence-corrected chi connectivity index (χ0v) is 21.6. The molecule has 2 aromatic rings. The van der Waals surface area contributed by atoms with Gasteiger partial charge in [-0.15, -0.1) is 0 Å². The first-order valence-corrected chi connectivity index (χ1v) is 13.3. The number of nitrogens with one attached hydrogen (secondary N) is 4. The van der Waals surface area contributed by atoms with Crippen LogP contribution < -0.4 is 21.3 Å². The van der Waals surface area contributed by atoms with Crippen molar-refractivity contribution in [2.75, 3.05) is 35.6 Å². The van der Waals surface area contributed by atoms with Gasteiger partial charge in [-0.05, 0) is 74.8 Å². The van der Waals surface area contributed by atoms with Crippen LogP contribution in [0.3, 0.4) is 0 Å². The van der Waals surface area contributed by atoms with Crippen LogP contribution in [0, 0.1) is 11.8 Å². The highest BCUT2D eigenvalue weighted by molar-refractivity contribution is 6.32. The third-order valence-electron chi connectivity index (χ3n) is 7.07. The van der Waals surface area contributed by atoms with Crippen LogP contribution in [0.4, 0.5) is 27.9 Å². The fraction of sp³-hybridized carbons (Fsp3) is 0.407. The van der Waals surface area contributed by atoms with Crippen molar-refractivity contribution in [2.45, 2.75) is 39.0 Å². The Labute approximate surface area is 221 Å². The highest BCUT2D eigenvalue weighted by Crippen LogP contribution is 2.32. The Morgan fingerprint density at radius 1 is 1.19 bits per heavy atom. The summed E-state index contributed by atoms with van der Waals surface area (Å²) in [5.74, 6) is 1.26. The highest BCUT2D eigenvalue weighted by atomic mass is 35.5. The summed E-state index contributed by atoms with van der Waals surface area (Å²) < 4.78 is 0. The van der Waals surface area contributed by atoms with Crippen molar-refractivity contribution in [3.63, 3.8) is 0 Å². The van der Waals surface area contributed by atoms with Crippen molar-refractivity contribution in [3.8, 4) is 0 Å². The van der Waals surface area contributed by atoms with E-state index in [1.54, 1.807) is 11.1 Å². The summed E-state index contributed by atoms with van der Waals surface area (Å²) in [6.45, 7) is 3.67. The Bertz CT molecular complexity index is 1240. The van der Waals surface area contributed by atoms with Gasteiger partial charge >= 0.3 is 6.03 Å². The second-order valence-electron chi connectivity index (χ2n) is 9.68. The smallest absolute Gasteiger partial charge is 0.317 e. The summed E-state index contributed by atoms with van der Waals surface area (Å²) in [4.78, 5) is 36.0. The molecular weight excluding hydrogens is 490 g/mol. The van der Waals surface area contributed by atoms with E-state index >= 15 is 0 Å². The molecule has 0 saturated carbocycles. The van der Waals surface area contributed by atoms with Crippen LogP contribution in [0.5, 0.6) is 0 Å². The second kappa shape index (κ2) is 11.2. The van der Waals surface area contributed by atoms with Crippen LogP contribution in [-0.4, -0.2) is 46.4 Å². The molecule has 10 heteroatoms. The van der Waals surface area contributed by atoms with Crippen LogP contribution in [0.1, 0.15) is 38.2 Å². The van der Waals surface area contributed by atoms with E-state index in [4.69, 9.17) is 11.6 Å². The molecule has 2 aliphatic heterocycles. The number of aromatic nitrogens is 2. The number of fused-ring (bicyclic) bond motifs is 6. The van der Waals surface area contributed by atoms with Gasteiger partial charge in [0, 0.05) is 42.6 Å². The quantitative estimate of drug-likeness (QED) is 0.448. The zero-order chi connectivity index (χ0) is 25.8. The fourth-order valence-corrected chi connectivity index (χ4v) is 5.16. The molecule has 1 saturated heterocycles. The number of aryl methyl sites for hydroxylation is 1. The number of hydrogen-bond donors (Lipinski definition) is 4. The van der Waals surface area contributed by atoms with Gasteiger partial charge in [0.15, 0.2) is 5.82 Å². The third-order valence-corrected chi connectivity index (χ3v) is 7.35. The van der Waals surface area contributed by atoms with Gasteiger partial charge in [-0.25, -0.2) is 9.78 Å². The van der Waals surface area contributed by atoms with Crippen LogP contribution in [-0.2, 0) is 11.2 Å². The summed E-state index contributed by atoms with van der Waals surface area (Å²) in [5.41, 5.74) is 3.77. The van der Waals surface area contributed by atoms with Crippen molar-refractivity contribution in [2.24, 2.45) is 11.8 Å². The minimum Gasteiger partial charge on any atom is -0.339 e. The number of halogens is 1. The monoisotopic (exact) mass is 521 g/mol. The summed E-state index contributed by atoms with van der Waals surface area (Å²) in [7, 11) is 0. The maximum absolute atomic E-state index is 13.2. The molecule has 1 aliphatic carbocycles. The van der Waals surface area contributed by atoms with Gasteiger partial charge in [-0.2, -0.15) is 4.98 Å². The van der Waals surface area contributed by atoms with Gasteiger partial charge < -0.3 is 26.2 Å². The summed E-state index contributed by atoms with van der Waals surface area (Å²) in [6.07, 6.45) is 11.8.